The quantitative estimate of drug-likeness (QED) is 0.160. The predicted octanol–water partition coefficient (Wildman–Crippen LogP) is -2.36. The zero-order valence-electron chi connectivity index (χ0n) is 19.1. The zero-order valence-corrected chi connectivity index (χ0v) is 20.0. The van der Waals surface area contributed by atoms with Crippen molar-refractivity contribution in [2.45, 2.75) is 43.4 Å². The maximum absolute atomic E-state index is 12.3. The summed E-state index contributed by atoms with van der Waals surface area (Å²) in [6.45, 7) is -0.0211. The molecular formula is C19H25N8O8P. The number of nitrogen functional groups attached to an aromatic ring is 1. The third-order valence-electron chi connectivity index (χ3n) is 6.14. The van der Waals surface area contributed by atoms with Gasteiger partial charge in [0.2, 0.25) is 19.5 Å². The summed E-state index contributed by atoms with van der Waals surface area (Å²) in [6, 6.07) is -0.418. The van der Waals surface area contributed by atoms with Gasteiger partial charge in [-0.15, -0.1) is 5.06 Å². The molecule has 0 aromatic carbocycles. The minimum Gasteiger partial charge on any atom is -0.761 e. The van der Waals surface area contributed by atoms with Crippen molar-refractivity contribution in [1.29, 1.82) is 0 Å². The maximum Gasteiger partial charge on any atom is 0.313 e. The minimum atomic E-state index is -4.52. The number of nitrogens with two attached hydrogens (primary N) is 1. The number of hydrogen-bond donors (Lipinski definition) is 3. The molecular weight excluding hydrogens is 499 g/mol. The second-order valence-corrected chi connectivity index (χ2v) is 10.2. The van der Waals surface area contributed by atoms with Crippen molar-refractivity contribution in [3.63, 3.8) is 0 Å². The summed E-state index contributed by atoms with van der Waals surface area (Å²) in [5.41, 5.74) is 6.54. The summed E-state index contributed by atoms with van der Waals surface area (Å²) in [7, 11) is -2.84. The number of aliphatic hydroxyl groups excluding tert-OH is 2. The Morgan fingerprint density at radius 3 is 2.92 bits per heavy atom. The number of aliphatic hydroxyl groups is 2. The van der Waals surface area contributed by atoms with Crippen LogP contribution in [0.1, 0.15) is 19.1 Å². The highest BCUT2D eigenvalue weighted by Crippen LogP contribution is 2.40. The van der Waals surface area contributed by atoms with Crippen molar-refractivity contribution in [3.05, 3.63) is 25.0 Å². The van der Waals surface area contributed by atoms with E-state index >= 15 is 0 Å². The fourth-order valence-corrected chi connectivity index (χ4v) is 5.21. The number of aromatic nitrogens is 6. The van der Waals surface area contributed by atoms with E-state index in [0.29, 0.717) is 18.5 Å². The largest absolute Gasteiger partial charge is 0.761 e. The molecule has 194 valence electrons. The fourth-order valence-electron chi connectivity index (χ4n) is 4.33. The van der Waals surface area contributed by atoms with Gasteiger partial charge in [0.25, 0.3) is 5.88 Å². The van der Waals surface area contributed by atoms with Crippen molar-refractivity contribution in [2.24, 2.45) is 7.05 Å². The van der Waals surface area contributed by atoms with Crippen LogP contribution >= 0.6 is 7.75 Å². The van der Waals surface area contributed by atoms with Crippen LogP contribution in [0.4, 0.5) is 5.95 Å². The molecule has 6 atom stereocenters. The second kappa shape index (κ2) is 9.48. The van der Waals surface area contributed by atoms with Gasteiger partial charge in [-0.2, -0.15) is 4.98 Å². The topological polar surface area (TPSA) is 207 Å². The zero-order chi connectivity index (χ0) is 25.6. The molecule has 0 amide bonds. The van der Waals surface area contributed by atoms with Crippen molar-refractivity contribution in [2.75, 3.05) is 18.9 Å². The van der Waals surface area contributed by atoms with Gasteiger partial charge in [0.15, 0.2) is 6.33 Å². The van der Waals surface area contributed by atoms with E-state index in [-0.39, 0.29) is 17.5 Å². The molecule has 17 heteroatoms. The molecule has 2 aliphatic heterocycles. The van der Waals surface area contributed by atoms with E-state index in [2.05, 4.69) is 15.0 Å². The van der Waals surface area contributed by atoms with Crippen molar-refractivity contribution >= 4 is 31.1 Å². The first-order chi connectivity index (χ1) is 17.2. The summed E-state index contributed by atoms with van der Waals surface area (Å²) in [6.07, 6.45) is 2.07. The first-order valence-electron chi connectivity index (χ1n) is 11.1. The number of hydroxylamine groups is 2. The molecule has 2 aliphatic rings. The molecule has 16 nitrogen and oxygen atoms in total. The lowest BCUT2D eigenvalue weighted by Gasteiger charge is -2.25. The Morgan fingerprint density at radius 1 is 1.39 bits per heavy atom. The number of fused-ring (bicyclic) bond motifs is 1. The third kappa shape index (κ3) is 4.37. The number of imidazole rings is 2. The number of hydrogen-bond acceptors (Lipinski definition) is 13. The Morgan fingerprint density at radius 2 is 2.19 bits per heavy atom. The van der Waals surface area contributed by atoms with E-state index < -0.39 is 44.9 Å². The summed E-state index contributed by atoms with van der Waals surface area (Å²) >= 11 is 0. The number of rotatable bonds is 8. The lowest BCUT2D eigenvalue weighted by atomic mass is 10.1. The van der Waals surface area contributed by atoms with Crippen LogP contribution in [-0.4, -0.2) is 82.9 Å². The van der Waals surface area contributed by atoms with Crippen LogP contribution in [0.3, 0.4) is 0 Å². The number of nitrogens with zero attached hydrogens (tertiary/aromatic N) is 7. The molecule has 0 bridgehead atoms. The number of carbonyl (C=O) groups is 1. The SMILES string of the molecule is Cn1c[n+]([C@@H]2O[C@H](COP(=O)([O-])n3ccnc3)C(O)[C@@H]2O)c2nc(N)nc(ON3CCC[C@H]3C=O)c21. The Labute approximate surface area is 204 Å². The molecule has 2 fully saturated rings. The van der Waals surface area contributed by atoms with Gasteiger partial charge in [-0.25, -0.2) is 9.55 Å². The lowest BCUT2D eigenvalue weighted by molar-refractivity contribution is -0.745. The van der Waals surface area contributed by atoms with Gasteiger partial charge in [0.05, 0.1) is 13.7 Å². The Balaban J connectivity index is 1.40. The fraction of sp³-hybridized carbons (Fsp3) is 0.526. The highest BCUT2D eigenvalue weighted by molar-refractivity contribution is 7.49. The van der Waals surface area contributed by atoms with Gasteiger partial charge < -0.3 is 39.7 Å². The van der Waals surface area contributed by atoms with Gasteiger partial charge in [-0.1, -0.05) is 4.98 Å². The summed E-state index contributed by atoms with van der Waals surface area (Å²) in [5.74, 6) is -0.0205. The van der Waals surface area contributed by atoms with Crippen LogP contribution in [0, 0.1) is 0 Å². The molecule has 5 heterocycles. The Kier molecular flexibility index (Phi) is 6.50. The van der Waals surface area contributed by atoms with Gasteiger partial charge in [0, 0.05) is 18.9 Å². The molecule has 3 aromatic rings. The van der Waals surface area contributed by atoms with E-state index in [9.17, 15) is 24.5 Å². The molecule has 0 radical (unpaired) electrons. The summed E-state index contributed by atoms with van der Waals surface area (Å²) in [5, 5.41) is 22.8. The van der Waals surface area contributed by atoms with E-state index in [0.717, 1.165) is 23.4 Å². The number of ether oxygens (including phenoxy) is 1. The summed E-state index contributed by atoms with van der Waals surface area (Å²) < 4.78 is 26.9. The molecule has 2 saturated heterocycles. The average Bonchev–Trinajstić information content (AvgIpc) is 3.62. The molecule has 0 aliphatic carbocycles. The molecule has 36 heavy (non-hydrogen) atoms. The monoisotopic (exact) mass is 524 g/mol. The van der Waals surface area contributed by atoms with E-state index in [4.69, 9.17) is 19.8 Å². The molecule has 2 unspecified atom stereocenters. The number of aldehydes is 1. The first kappa shape index (κ1) is 24.7. The second-order valence-electron chi connectivity index (χ2n) is 8.52. The van der Waals surface area contributed by atoms with Crippen molar-refractivity contribution < 1.29 is 43.1 Å². The molecule has 3 aromatic heterocycles. The average molecular weight is 524 g/mol. The highest BCUT2D eigenvalue weighted by atomic mass is 31.2. The van der Waals surface area contributed by atoms with Crippen LogP contribution in [-0.2, 0) is 25.7 Å². The normalized spacial score (nSPS) is 28.5. The predicted molar refractivity (Wildman–Crippen MR) is 117 cm³/mol. The van der Waals surface area contributed by atoms with Gasteiger partial charge >= 0.3 is 11.6 Å². The third-order valence-corrected chi connectivity index (χ3v) is 7.42. The molecule has 5 rings (SSSR count). The lowest BCUT2D eigenvalue weighted by Crippen LogP contribution is -2.46. The molecule has 0 saturated carbocycles. The number of aryl methyl sites for hydroxylation is 1. The van der Waals surface area contributed by atoms with Gasteiger partial charge in [-0.05, 0) is 12.8 Å². The van der Waals surface area contributed by atoms with Gasteiger partial charge in [-0.3, -0.25) is 13.5 Å². The molecule has 0 spiro atoms. The van der Waals surface area contributed by atoms with Crippen molar-refractivity contribution in [3.8, 4) is 5.88 Å². The summed E-state index contributed by atoms with van der Waals surface area (Å²) in [4.78, 5) is 41.6. The van der Waals surface area contributed by atoms with E-state index in [1.807, 2.05) is 0 Å². The standard InChI is InChI=1S/C19H25N8O8P/c1-24-10-26(16-13(24)17(23-19(20)22-16)35-27-5-2-3-11(27)7-28)18-15(30)14(29)12(34-18)8-33-36(31,32)25-6-4-21-9-25/h4,6-7,9-12,14-15,18,29-30H,2-3,5,8H2,1H3,(H2-,20,22,23,31,32)/t11-,12+,14?,15-,18+/m0/s1. The smallest absolute Gasteiger partial charge is 0.313 e. The highest BCUT2D eigenvalue weighted by Gasteiger charge is 2.47. The molecule has 4 N–H and O–H groups in total. The van der Waals surface area contributed by atoms with Crippen LogP contribution in [0.25, 0.3) is 11.2 Å². The Bertz CT molecular complexity index is 1300. The van der Waals surface area contributed by atoms with Crippen LogP contribution < -0.4 is 20.0 Å². The van der Waals surface area contributed by atoms with Crippen molar-refractivity contribution in [1.82, 2.24) is 28.9 Å². The van der Waals surface area contributed by atoms with Crippen LogP contribution in [0.2, 0.25) is 0 Å². The van der Waals surface area contributed by atoms with Crippen LogP contribution in [0.5, 0.6) is 5.88 Å². The van der Waals surface area contributed by atoms with Gasteiger partial charge in [0.1, 0.15) is 37.0 Å². The number of carbonyl (C=O) groups excluding carboxylic acids is 1. The minimum absolute atomic E-state index is 0.105. The van der Waals surface area contributed by atoms with Crippen LogP contribution in [0.15, 0.2) is 25.0 Å². The van der Waals surface area contributed by atoms with E-state index in [1.54, 1.807) is 17.9 Å². The first-order valence-corrected chi connectivity index (χ1v) is 12.6. The Hall–Kier alpha value is -2.98. The maximum atomic E-state index is 12.3. The van der Waals surface area contributed by atoms with E-state index in [1.165, 1.54) is 22.0 Å². The number of anilines is 1.